The van der Waals surface area contributed by atoms with E-state index >= 15 is 0 Å². The molecule has 6 heteroatoms. The summed E-state index contributed by atoms with van der Waals surface area (Å²) in [5, 5.41) is 0.140. The van der Waals surface area contributed by atoms with E-state index in [-0.39, 0.29) is 22.5 Å². The highest BCUT2D eigenvalue weighted by molar-refractivity contribution is 6.74. The van der Waals surface area contributed by atoms with Crippen molar-refractivity contribution in [3.8, 4) is 0 Å². The van der Waals surface area contributed by atoms with Crippen LogP contribution >= 0.6 is 0 Å². The molecule has 1 aliphatic carbocycles. The Balaban J connectivity index is 1.86. The quantitative estimate of drug-likeness (QED) is 0.654. The SMILES string of the molecule is CC(C)(C)OC(=O)N1CCC2(CC1)C(F)C2CO[Si](C)(C)C(C)(C)C. The van der Waals surface area contributed by atoms with Crippen molar-refractivity contribution in [1.29, 1.82) is 0 Å². The average molecular weight is 374 g/mol. The van der Waals surface area contributed by atoms with Gasteiger partial charge in [0.05, 0.1) is 0 Å². The van der Waals surface area contributed by atoms with Crippen molar-refractivity contribution < 1.29 is 18.3 Å². The van der Waals surface area contributed by atoms with Crippen LogP contribution in [0.4, 0.5) is 9.18 Å². The van der Waals surface area contributed by atoms with Crippen LogP contribution in [0.2, 0.25) is 18.1 Å². The van der Waals surface area contributed by atoms with Crippen LogP contribution in [0.3, 0.4) is 0 Å². The highest BCUT2D eigenvalue weighted by Gasteiger charge is 2.66. The first-order valence-electron chi connectivity index (χ1n) is 9.46. The maximum atomic E-state index is 14.6. The highest BCUT2D eigenvalue weighted by Crippen LogP contribution is 2.61. The predicted molar refractivity (Wildman–Crippen MR) is 101 cm³/mol. The summed E-state index contributed by atoms with van der Waals surface area (Å²) in [6.07, 6.45) is 0.336. The molecular weight excluding hydrogens is 337 g/mol. The number of nitrogens with zero attached hydrogens (tertiary/aromatic N) is 1. The number of amides is 1. The first-order chi connectivity index (χ1) is 11.2. The second kappa shape index (κ2) is 6.52. The monoisotopic (exact) mass is 373 g/mol. The fraction of sp³-hybridized carbons (Fsp3) is 0.947. The number of carbonyl (C=O) groups is 1. The zero-order valence-corrected chi connectivity index (χ0v) is 18.2. The third kappa shape index (κ3) is 4.38. The number of alkyl halides is 1. The lowest BCUT2D eigenvalue weighted by atomic mass is 9.91. The van der Waals surface area contributed by atoms with Gasteiger partial charge in [-0.2, -0.15) is 0 Å². The number of piperidine rings is 1. The smallest absolute Gasteiger partial charge is 0.410 e. The molecule has 0 aromatic rings. The molecule has 2 atom stereocenters. The molecule has 1 saturated carbocycles. The molecule has 2 unspecified atom stereocenters. The van der Waals surface area contributed by atoms with Crippen LogP contribution < -0.4 is 0 Å². The van der Waals surface area contributed by atoms with E-state index in [1.165, 1.54) is 0 Å². The van der Waals surface area contributed by atoms with Crippen LogP contribution in [0.5, 0.6) is 0 Å². The molecule has 2 rings (SSSR count). The Morgan fingerprint density at radius 2 is 1.68 bits per heavy atom. The Labute approximate surface area is 153 Å². The number of hydrogen-bond acceptors (Lipinski definition) is 3. The van der Waals surface area contributed by atoms with Gasteiger partial charge in [-0.3, -0.25) is 0 Å². The van der Waals surface area contributed by atoms with Gasteiger partial charge in [-0.1, -0.05) is 20.8 Å². The maximum Gasteiger partial charge on any atom is 0.410 e. The van der Waals surface area contributed by atoms with E-state index < -0.39 is 20.1 Å². The van der Waals surface area contributed by atoms with Crippen LogP contribution in [0.1, 0.15) is 54.4 Å². The summed E-state index contributed by atoms with van der Waals surface area (Å²) in [6, 6.07) is 0. The van der Waals surface area contributed by atoms with Gasteiger partial charge in [0, 0.05) is 31.0 Å². The summed E-state index contributed by atoms with van der Waals surface area (Å²) in [5.41, 5.74) is -0.769. The van der Waals surface area contributed by atoms with E-state index in [9.17, 15) is 9.18 Å². The van der Waals surface area contributed by atoms with E-state index in [0.717, 1.165) is 0 Å². The van der Waals surface area contributed by atoms with Crippen molar-refractivity contribution in [2.45, 2.75) is 84.3 Å². The Morgan fingerprint density at radius 1 is 1.16 bits per heavy atom. The maximum absolute atomic E-state index is 14.6. The number of halogens is 1. The van der Waals surface area contributed by atoms with Crippen LogP contribution in [-0.2, 0) is 9.16 Å². The summed E-state index contributed by atoms with van der Waals surface area (Å²) in [6.45, 7) is 18.3. The predicted octanol–water partition coefficient (Wildman–Crippen LogP) is 4.99. The molecule has 2 aliphatic rings. The van der Waals surface area contributed by atoms with Crippen LogP contribution in [0.15, 0.2) is 0 Å². The van der Waals surface area contributed by atoms with Gasteiger partial charge in [-0.25, -0.2) is 9.18 Å². The number of likely N-dealkylation sites (tertiary alicyclic amines) is 1. The van der Waals surface area contributed by atoms with Gasteiger partial charge in [0.1, 0.15) is 11.8 Å². The van der Waals surface area contributed by atoms with E-state index in [4.69, 9.17) is 9.16 Å². The van der Waals surface area contributed by atoms with Gasteiger partial charge in [0.25, 0.3) is 0 Å². The molecule has 0 N–H and O–H groups in total. The van der Waals surface area contributed by atoms with E-state index in [1.54, 1.807) is 4.90 Å². The number of hydrogen-bond donors (Lipinski definition) is 0. The van der Waals surface area contributed by atoms with Gasteiger partial charge in [0.15, 0.2) is 8.32 Å². The third-order valence-corrected chi connectivity index (χ3v) is 10.8. The summed E-state index contributed by atoms with van der Waals surface area (Å²) < 4.78 is 26.3. The van der Waals surface area contributed by atoms with Gasteiger partial charge in [-0.15, -0.1) is 0 Å². The molecule has 1 amide bonds. The summed E-state index contributed by atoms with van der Waals surface area (Å²) in [4.78, 5) is 13.9. The van der Waals surface area contributed by atoms with Crippen LogP contribution in [0.25, 0.3) is 0 Å². The molecule has 1 aliphatic heterocycles. The van der Waals surface area contributed by atoms with Gasteiger partial charge < -0.3 is 14.1 Å². The van der Waals surface area contributed by atoms with Gasteiger partial charge in [0.2, 0.25) is 0 Å². The third-order valence-electron chi connectivity index (χ3n) is 6.31. The van der Waals surface area contributed by atoms with E-state index in [2.05, 4.69) is 33.9 Å². The lowest BCUT2D eigenvalue weighted by Crippen LogP contribution is -2.43. The number of carbonyl (C=O) groups excluding carboxylic acids is 1. The van der Waals surface area contributed by atoms with Crippen molar-refractivity contribution in [3.63, 3.8) is 0 Å². The van der Waals surface area contributed by atoms with Crippen molar-refractivity contribution in [1.82, 2.24) is 4.90 Å². The van der Waals surface area contributed by atoms with Crippen molar-refractivity contribution in [2.75, 3.05) is 19.7 Å². The minimum Gasteiger partial charge on any atom is -0.444 e. The zero-order valence-electron chi connectivity index (χ0n) is 17.2. The van der Waals surface area contributed by atoms with E-state index in [1.807, 2.05) is 20.8 Å². The minimum atomic E-state index is -1.85. The molecule has 0 bridgehead atoms. The molecule has 0 aromatic heterocycles. The fourth-order valence-corrected chi connectivity index (χ4v) is 4.40. The second-order valence-electron chi connectivity index (χ2n) is 10.3. The Hall–Kier alpha value is -0.623. The standard InChI is InChI=1S/C19H36FNO3Si/c1-17(2,3)24-16(22)21-11-9-19(10-12-21)14(15(19)20)13-23-25(7,8)18(4,5)6/h14-15H,9-13H2,1-8H3. The summed E-state index contributed by atoms with van der Waals surface area (Å²) in [5.74, 6) is -0.0117. The first kappa shape index (κ1) is 20.7. The van der Waals surface area contributed by atoms with Crippen LogP contribution in [0, 0.1) is 11.3 Å². The summed E-state index contributed by atoms with van der Waals surface area (Å²) in [7, 11) is -1.85. The summed E-state index contributed by atoms with van der Waals surface area (Å²) >= 11 is 0. The molecule has 0 radical (unpaired) electrons. The van der Waals surface area contributed by atoms with Crippen molar-refractivity contribution >= 4 is 14.4 Å². The van der Waals surface area contributed by atoms with Crippen molar-refractivity contribution in [2.24, 2.45) is 11.3 Å². The average Bonchev–Trinajstić information content (AvgIpc) is 2.97. The lowest BCUT2D eigenvalue weighted by Gasteiger charge is -2.37. The molecule has 4 nitrogen and oxygen atoms in total. The molecule has 1 saturated heterocycles. The molecular formula is C19H36FNO3Si. The largest absolute Gasteiger partial charge is 0.444 e. The minimum absolute atomic E-state index is 0.0117. The Bertz CT molecular complexity index is 502. The molecule has 2 fully saturated rings. The van der Waals surface area contributed by atoms with Crippen molar-refractivity contribution in [3.05, 3.63) is 0 Å². The van der Waals surface area contributed by atoms with Gasteiger partial charge >= 0.3 is 6.09 Å². The molecule has 25 heavy (non-hydrogen) atoms. The second-order valence-corrected chi connectivity index (χ2v) is 15.1. The molecule has 146 valence electrons. The normalized spacial score (nSPS) is 26.7. The zero-order chi connectivity index (χ0) is 19.3. The Kier molecular flexibility index (Phi) is 5.39. The molecule has 1 spiro atoms. The van der Waals surface area contributed by atoms with Gasteiger partial charge in [-0.05, 0) is 51.7 Å². The fourth-order valence-electron chi connectivity index (χ4n) is 3.37. The first-order valence-corrected chi connectivity index (χ1v) is 12.4. The van der Waals surface area contributed by atoms with E-state index in [0.29, 0.717) is 32.5 Å². The topological polar surface area (TPSA) is 38.8 Å². The van der Waals surface area contributed by atoms with Crippen LogP contribution in [-0.4, -0.2) is 50.8 Å². The lowest BCUT2D eigenvalue weighted by molar-refractivity contribution is 0.0152. The molecule has 0 aromatic carbocycles. The Morgan fingerprint density at radius 3 is 2.12 bits per heavy atom. The number of ether oxygens (including phenoxy) is 1. The molecule has 1 heterocycles. The number of rotatable bonds is 3. The highest BCUT2D eigenvalue weighted by atomic mass is 28.4.